The van der Waals surface area contributed by atoms with Crippen LogP contribution in [0.15, 0.2) is 11.6 Å². The molecule has 1 spiro atoms. The average molecular weight is 386 g/mol. The van der Waals surface area contributed by atoms with Crippen LogP contribution >= 0.6 is 0 Å². The lowest BCUT2D eigenvalue weighted by atomic mass is 9.46. The van der Waals surface area contributed by atoms with Gasteiger partial charge in [-0.3, -0.25) is 14.4 Å². The molecule has 0 radical (unpaired) electrons. The normalized spacial score (nSPS) is 51.2. The third kappa shape index (κ3) is 1.90. The summed E-state index contributed by atoms with van der Waals surface area (Å²) in [5.74, 6) is 0.476. The molecule has 5 aliphatic rings. The van der Waals surface area contributed by atoms with E-state index in [1.807, 2.05) is 6.08 Å². The second-order valence-electron chi connectivity index (χ2n) is 10.3. The fourth-order valence-electron chi connectivity index (χ4n) is 8.07. The molecule has 0 aromatic heterocycles. The van der Waals surface area contributed by atoms with Gasteiger partial charge in [-0.1, -0.05) is 19.4 Å². The molecule has 1 saturated heterocycles. The summed E-state index contributed by atoms with van der Waals surface area (Å²) in [6.45, 7) is 7.42. The highest BCUT2D eigenvalue weighted by molar-refractivity contribution is 5.92. The molecule has 3 saturated carbocycles. The Bertz CT molecular complexity index is 829. The highest BCUT2D eigenvalue weighted by atomic mass is 16.6. The average Bonchev–Trinajstić information content (AvgIpc) is 3.25. The smallest absolute Gasteiger partial charge is 0.303 e. The molecule has 152 valence electrons. The predicted molar refractivity (Wildman–Crippen MR) is 101 cm³/mol. The number of esters is 1. The first-order chi connectivity index (χ1) is 13.1. The number of epoxide rings is 1. The Morgan fingerprint density at radius 2 is 1.86 bits per heavy atom. The lowest BCUT2D eigenvalue weighted by Crippen LogP contribution is -2.62. The van der Waals surface area contributed by atoms with Crippen LogP contribution in [-0.2, 0) is 23.9 Å². The third-order valence-electron chi connectivity index (χ3n) is 9.34. The number of fused-ring (bicyclic) bond motifs is 3. The van der Waals surface area contributed by atoms with Crippen LogP contribution in [0.3, 0.4) is 0 Å². The standard InChI is InChI=1S/C23H30O5/c1-13(24)22(27-14(2)25)10-8-17-18-6-5-15-11-16(26)7-9-20(15,3)23(18)19(28-23)12-21(17,22)4/h11,17-19H,5-10,12H2,1-4H3/t17-,18?,19+,20-,21-,22-,23?/m0/s1. The molecule has 0 N–H and O–H groups in total. The third-order valence-corrected chi connectivity index (χ3v) is 9.34. The van der Waals surface area contributed by atoms with Crippen molar-refractivity contribution in [3.05, 3.63) is 11.6 Å². The van der Waals surface area contributed by atoms with Crippen LogP contribution < -0.4 is 0 Å². The maximum absolute atomic E-state index is 12.8. The zero-order valence-electron chi connectivity index (χ0n) is 17.3. The number of carbonyl (C=O) groups is 3. The monoisotopic (exact) mass is 386 g/mol. The molecular formula is C23H30O5. The topological polar surface area (TPSA) is 73.0 Å². The number of ether oxygens (including phenoxy) is 2. The number of hydrogen-bond acceptors (Lipinski definition) is 5. The van der Waals surface area contributed by atoms with Gasteiger partial charge in [0.1, 0.15) is 5.60 Å². The van der Waals surface area contributed by atoms with E-state index in [9.17, 15) is 14.4 Å². The van der Waals surface area contributed by atoms with Crippen molar-refractivity contribution < 1.29 is 23.9 Å². The fraction of sp³-hybridized carbons (Fsp3) is 0.783. The van der Waals surface area contributed by atoms with Gasteiger partial charge in [-0.2, -0.15) is 0 Å². The first kappa shape index (κ1) is 18.5. The molecule has 28 heavy (non-hydrogen) atoms. The van der Waals surface area contributed by atoms with Gasteiger partial charge in [0.05, 0.1) is 6.10 Å². The number of rotatable bonds is 2. The Balaban J connectivity index is 1.57. The minimum Gasteiger partial charge on any atom is -0.451 e. The van der Waals surface area contributed by atoms with Crippen LogP contribution in [0.1, 0.15) is 72.6 Å². The highest BCUT2D eigenvalue weighted by Crippen LogP contribution is 2.76. The van der Waals surface area contributed by atoms with Crippen molar-refractivity contribution in [2.24, 2.45) is 22.7 Å². The van der Waals surface area contributed by atoms with Gasteiger partial charge >= 0.3 is 5.97 Å². The van der Waals surface area contributed by atoms with Gasteiger partial charge in [0.15, 0.2) is 17.2 Å². The Kier molecular flexibility index (Phi) is 3.54. The molecule has 1 heterocycles. The number of Topliss-reactive ketones (excluding diaryl/α,β-unsaturated/α-hetero) is 1. The Morgan fingerprint density at radius 3 is 2.54 bits per heavy atom. The Labute approximate surface area is 166 Å². The van der Waals surface area contributed by atoms with Gasteiger partial charge < -0.3 is 9.47 Å². The van der Waals surface area contributed by atoms with Crippen LogP contribution in [0.2, 0.25) is 0 Å². The van der Waals surface area contributed by atoms with Crippen molar-refractivity contribution in [1.29, 1.82) is 0 Å². The number of ketones is 2. The van der Waals surface area contributed by atoms with E-state index in [1.165, 1.54) is 12.5 Å². The van der Waals surface area contributed by atoms with Crippen molar-refractivity contribution in [1.82, 2.24) is 0 Å². The lowest BCUT2D eigenvalue weighted by Gasteiger charge is -2.56. The van der Waals surface area contributed by atoms with Crippen molar-refractivity contribution in [2.45, 2.75) is 89.9 Å². The van der Waals surface area contributed by atoms with E-state index in [-0.39, 0.29) is 40.1 Å². The van der Waals surface area contributed by atoms with Gasteiger partial charge in [-0.25, -0.2) is 0 Å². The highest BCUT2D eigenvalue weighted by Gasteiger charge is 2.81. The van der Waals surface area contributed by atoms with Gasteiger partial charge in [0.2, 0.25) is 0 Å². The molecule has 0 bridgehead atoms. The van der Waals surface area contributed by atoms with E-state index in [4.69, 9.17) is 9.47 Å². The summed E-state index contributed by atoms with van der Waals surface area (Å²) >= 11 is 0. The van der Waals surface area contributed by atoms with Crippen molar-refractivity contribution in [3.8, 4) is 0 Å². The fourth-order valence-corrected chi connectivity index (χ4v) is 8.07. The van der Waals surface area contributed by atoms with Gasteiger partial charge in [-0.15, -0.1) is 0 Å². The predicted octanol–water partition coefficient (Wildman–Crippen LogP) is 3.54. The van der Waals surface area contributed by atoms with Gasteiger partial charge in [-0.05, 0) is 63.4 Å². The summed E-state index contributed by atoms with van der Waals surface area (Å²) in [4.78, 5) is 36.8. The summed E-state index contributed by atoms with van der Waals surface area (Å²) in [7, 11) is 0. The molecule has 4 fully saturated rings. The minimum absolute atomic E-state index is 0.0354. The summed E-state index contributed by atoms with van der Waals surface area (Å²) in [5, 5.41) is 0. The molecule has 0 amide bonds. The molecule has 5 rings (SSSR count). The molecule has 7 atom stereocenters. The maximum atomic E-state index is 12.8. The van der Waals surface area contributed by atoms with Crippen LogP contribution in [0.25, 0.3) is 0 Å². The first-order valence-corrected chi connectivity index (χ1v) is 10.7. The zero-order valence-corrected chi connectivity index (χ0v) is 17.3. The quantitative estimate of drug-likeness (QED) is 0.536. The Morgan fingerprint density at radius 1 is 1.11 bits per heavy atom. The van der Waals surface area contributed by atoms with Gasteiger partial charge in [0, 0.05) is 24.2 Å². The molecule has 5 nitrogen and oxygen atoms in total. The zero-order chi connectivity index (χ0) is 20.1. The van der Waals surface area contributed by atoms with Crippen LogP contribution in [-0.4, -0.2) is 34.8 Å². The lowest BCUT2D eigenvalue weighted by molar-refractivity contribution is -0.184. The number of carbonyl (C=O) groups excluding carboxylic acids is 3. The summed E-state index contributed by atoms with van der Waals surface area (Å²) in [6.07, 6.45) is 7.57. The molecule has 4 aliphatic carbocycles. The van der Waals surface area contributed by atoms with Gasteiger partial charge in [0.25, 0.3) is 0 Å². The van der Waals surface area contributed by atoms with E-state index in [0.29, 0.717) is 24.7 Å². The molecule has 5 heteroatoms. The largest absolute Gasteiger partial charge is 0.451 e. The number of hydrogen-bond donors (Lipinski definition) is 0. The molecule has 0 aromatic rings. The summed E-state index contributed by atoms with van der Waals surface area (Å²) in [6, 6.07) is 0. The van der Waals surface area contributed by atoms with Crippen molar-refractivity contribution in [3.63, 3.8) is 0 Å². The molecule has 0 aromatic carbocycles. The first-order valence-electron chi connectivity index (χ1n) is 10.7. The summed E-state index contributed by atoms with van der Waals surface area (Å²) < 4.78 is 12.4. The van der Waals surface area contributed by atoms with E-state index in [0.717, 1.165) is 32.1 Å². The maximum Gasteiger partial charge on any atom is 0.303 e. The molecule has 2 unspecified atom stereocenters. The second-order valence-corrected chi connectivity index (χ2v) is 10.3. The van der Waals surface area contributed by atoms with E-state index in [1.54, 1.807) is 6.92 Å². The van der Waals surface area contributed by atoms with E-state index >= 15 is 0 Å². The Hall–Kier alpha value is -1.49. The van der Waals surface area contributed by atoms with Crippen LogP contribution in [0.4, 0.5) is 0 Å². The SMILES string of the molecule is CC(=O)O[C@]1(C(C)=O)CC[C@H]2C3CCC4=CC(=O)CC[C@]4(C)C34O[C@@H]4C[C@@]21C. The van der Waals surface area contributed by atoms with E-state index < -0.39 is 5.60 Å². The molecule has 1 aliphatic heterocycles. The molecular weight excluding hydrogens is 356 g/mol. The van der Waals surface area contributed by atoms with Crippen molar-refractivity contribution in [2.75, 3.05) is 0 Å². The van der Waals surface area contributed by atoms with Crippen LogP contribution in [0.5, 0.6) is 0 Å². The van der Waals surface area contributed by atoms with Crippen molar-refractivity contribution >= 4 is 17.5 Å². The van der Waals surface area contributed by atoms with E-state index in [2.05, 4.69) is 13.8 Å². The van der Waals surface area contributed by atoms with Crippen LogP contribution in [0, 0.1) is 22.7 Å². The minimum atomic E-state index is -1.03. The second kappa shape index (κ2) is 5.35. The summed E-state index contributed by atoms with van der Waals surface area (Å²) in [5.41, 5.74) is -0.436.